The highest BCUT2D eigenvalue weighted by molar-refractivity contribution is 5.47. The molecule has 0 spiro atoms. The SMILES string of the molecule is COc1c(CC(C)N)cccc1OC1CCOC1. The van der Waals surface area contributed by atoms with Gasteiger partial charge in [-0.15, -0.1) is 0 Å². The average molecular weight is 251 g/mol. The summed E-state index contributed by atoms with van der Waals surface area (Å²) < 4.78 is 16.7. The van der Waals surface area contributed by atoms with E-state index in [0.29, 0.717) is 6.61 Å². The lowest BCUT2D eigenvalue weighted by Gasteiger charge is -2.18. The molecule has 1 heterocycles. The molecule has 1 saturated heterocycles. The molecule has 2 atom stereocenters. The van der Waals surface area contributed by atoms with Crippen molar-refractivity contribution in [3.05, 3.63) is 23.8 Å². The van der Waals surface area contributed by atoms with Crippen LogP contribution in [0.25, 0.3) is 0 Å². The fraction of sp³-hybridized carbons (Fsp3) is 0.571. The maximum Gasteiger partial charge on any atom is 0.163 e. The summed E-state index contributed by atoms with van der Waals surface area (Å²) in [5.41, 5.74) is 6.93. The molecular formula is C14H21NO3. The summed E-state index contributed by atoms with van der Waals surface area (Å²) in [6.07, 6.45) is 1.84. The Hall–Kier alpha value is -1.26. The highest BCUT2D eigenvalue weighted by atomic mass is 16.6. The van der Waals surface area contributed by atoms with E-state index in [1.807, 2.05) is 25.1 Å². The molecule has 4 nitrogen and oxygen atoms in total. The predicted molar refractivity (Wildman–Crippen MR) is 70.2 cm³/mol. The fourth-order valence-electron chi connectivity index (χ4n) is 2.18. The molecule has 0 bridgehead atoms. The van der Waals surface area contributed by atoms with Gasteiger partial charge in [-0.05, 0) is 25.0 Å². The minimum atomic E-state index is 0.101. The van der Waals surface area contributed by atoms with Crippen molar-refractivity contribution in [1.82, 2.24) is 0 Å². The van der Waals surface area contributed by atoms with Gasteiger partial charge in [0, 0.05) is 12.5 Å². The normalized spacial score (nSPS) is 20.7. The van der Waals surface area contributed by atoms with Crippen LogP contribution >= 0.6 is 0 Å². The van der Waals surface area contributed by atoms with Gasteiger partial charge in [0.2, 0.25) is 0 Å². The molecule has 0 saturated carbocycles. The molecule has 0 radical (unpaired) electrons. The number of nitrogens with two attached hydrogens (primary N) is 1. The summed E-state index contributed by atoms with van der Waals surface area (Å²) in [6.45, 7) is 3.41. The predicted octanol–water partition coefficient (Wildman–Crippen LogP) is 1.75. The largest absolute Gasteiger partial charge is 0.493 e. The molecule has 1 aliphatic rings. The molecule has 0 aromatic heterocycles. The fourth-order valence-corrected chi connectivity index (χ4v) is 2.18. The molecule has 1 aromatic rings. The number of benzene rings is 1. The van der Waals surface area contributed by atoms with Crippen molar-refractivity contribution in [2.75, 3.05) is 20.3 Å². The van der Waals surface area contributed by atoms with Crippen LogP contribution in [0.1, 0.15) is 18.9 Å². The van der Waals surface area contributed by atoms with E-state index in [1.165, 1.54) is 0 Å². The van der Waals surface area contributed by atoms with E-state index in [2.05, 4.69) is 0 Å². The minimum Gasteiger partial charge on any atom is -0.493 e. The lowest BCUT2D eigenvalue weighted by atomic mass is 10.1. The van der Waals surface area contributed by atoms with Gasteiger partial charge < -0.3 is 19.9 Å². The van der Waals surface area contributed by atoms with Crippen molar-refractivity contribution in [2.24, 2.45) is 5.73 Å². The van der Waals surface area contributed by atoms with Gasteiger partial charge in [0.15, 0.2) is 11.5 Å². The van der Waals surface area contributed by atoms with Crippen molar-refractivity contribution in [3.8, 4) is 11.5 Å². The van der Waals surface area contributed by atoms with Crippen molar-refractivity contribution in [3.63, 3.8) is 0 Å². The lowest BCUT2D eigenvalue weighted by molar-refractivity contribution is 0.138. The van der Waals surface area contributed by atoms with Crippen LogP contribution in [0.3, 0.4) is 0 Å². The zero-order valence-corrected chi connectivity index (χ0v) is 11.0. The van der Waals surface area contributed by atoms with E-state index in [1.54, 1.807) is 7.11 Å². The molecule has 100 valence electrons. The standard InChI is InChI=1S/C14H21NO3/c1-10(15)8-11-4-3-5-13(14(11)16-2)18-12-6-7-17-9-12/h3-5,10,12H,6-9,15H2,1-2H3. The molecule has 2 unspecified atom stereocenters. The smallest absolute Gasteiger partial charge is 0.163 e. The van der Waals surface area contributed by atoms with E-state index >= 15 is 0 Å². The van der Waals surface area contributed by atoms with Gasteiger partial charge in [-0.3, -0.25) is 0 Å². The quantitative estimate of drug-likeness (QED) is 0.866. The van der Waals surface area contributed by atoms with E-state index in [-0.39, 0.29) is 12.1 Å². The first-order valence-electron chi connectivity index (χ1n) is 6.36. The minimum absolute atomic E-state index is 0.101. The molecule has 18 heavy (non-hydrogen) atoms. The second-order valence-corrected chi connectivity index (χ2v) is 4.73. The summed E-state index contributed by atoms with van der Waals surface area (Å²) in [7, 11) is 1.66. The monoisotopic (exact) mass is 251 g/mol. The maximum absolute atomic E-state index is 5.93. The van der Waals surface area contributed by atoms with Crippen LogP contribution in [0.5, 0.6) is 11.5 Å². The van der Waals surface area contributed by atoms with Crippen molar-refractivity contribution < 1.29 is 14.2 Å². The summed E-state index contributed by atoms with van der Waals surface area (Å²) in [4.78, 5) is 0. The summed E-state index contributed by atoms with van der Waals surface area (Å²) >= 11 is 0. The number of rotatable bonds is 5. The summed E-state index contributed by atoms with van der Waals surface area (Å²) in [5.74, 6) is 1.58. The summed E-state index contributed by atoms with van der Waals surface area (Å²) in [6, 6.07) is 6.04. The Balaban J connectivity index is 2.17. The van der Waals surface area contributed by atoms with Gasteiger partial charge >= 0.3 is 0 Å². The third kappa shape index (κ3) is 3.15. The second kappa shape index (κ2) is 6.07. The molecule has 1 aliphatic heterocycles. The van der Waals surface area contributed by atoms with Gasteiger partial charge in [0.05, 0.1) is 20.3 Å². The zero-order valence-electron chi connectivity index (χ0n) is 11.0. The average Bonchev–Trinajstić information content (AvgIpc) is 2.81. The Labute approximate surface area is 108 Å². The molecule has 2 rings (SSSR count). The second-order valence-electron chi connectivity index (χ2n) is 4.73. The van der Waals surface area contributed by atoms with Gasteiger partial charge in [-0.2, -0.15) is 0 Å². The summed E-state index contributed by atoms with van der Waals surface area (Å²) in [5, 5.41) is 0. The van der Waals surface area contributed by atoms with Crippen LogP contribution in [0.15, 0.2) is 18.2 Å². The Morgan fingerprint density at radius 1 is 1.50 bits per heavy atom. The molecule has 4 heteroatoms. The molecule has 0 amide bonds. The van der Waals surface area contributed by atoms with Crippen LogP contribution in [0.2, 0.25) is 0 Å². The molecule has 1 fully saturated rings. The topological polar surface area (TPSA) is 53.7 Å². The number of ether oxygens (including phenoxy) is 3. The first-order valence-corrected chi connectivity index (χ1v) is 6.36. The number of para-hydroxylation sites is 1. The van der Waals surface area contributed by atoms with Gasteiger partial charge in [-0.1, -0.05) is 12.1 Å². The van der Waals surface area contributed by atoms with E-state index in [9.17, 15) is 0 Å². The van der Waals surface area contributed by atoms with E-state index in [4.69, 9.17) is 19.9 Å². The number of methoxy groups -OCH3 is 1. The van der Waals surface area contributed by atoms with Crippen LogP contribution in [0, 0.1) is 0 Å². The molecular weight excluding hydrogens is 230 g/mol. The Morgan fingerprint density at radius 2 is 2.33 bits per heavy atom. The zero-order chi connectivity index (χ0) is 13.0. The van der Waals surface area contributed by atoms with Crippen molar-refractivity contribution in [1.29, 1.82) is 0 Å². The van der Waals surface area contributed by atoms with Gasteiger partial charge in [-0.25, -0.2) is 0 Å². The van der Waals surface area contributed by atoms with Crippen LogP contribution in [-0.2, 0) is 11.2 Å². The Morgan fingerprint density at radius 3 is 2.94 bits per heavy atom. The third-order valence-corrected chi connectivity index (χ3v) is 2.99. The highest BCUT2D eigenvalue weighted by Gasteiger charge is 2.20. The van der Waals surface area contributed by atoms with Gasteiger partial charge in [0.25, 0.3) is 0 Å². The number of hydrogen-bond acceptors (Lipinski definition) is 4. The van der Waals surface area contributed by atoms with Crippen LogP contribution < -0.4 is 15.2 Å². The Bertz CT molecular complexity index is 387. The van der Waals surface area contributed by atoms with Gasteiger partial charge in [0.1, 0.15) is 6.10 Å². The third-order valence-electron chi connectivity index (χ3n) is 2.99. The van der Waals surface area contributed by atoms with Crippen LogP contribution in [0.4, 0.5) is 0 Å². The maximum atomic E-state index is 5.93. The Kier molecular flexibility index (Phi) is 4.44. The lowest BCUT2D eigenvalue weighted by Crippen LogP contribution is -2.19. The molecule has 2 N–H and O–H groups in total. The first-order chi connectivity index (χ1) is 8.70. The van der Waals surface area contributed by atoms with Crippen molar-refractivity contribution >= 4 is 0 Å². The first kappa shape index (κ1) is 13.2. The van der Waals surface area contributed by atoms with E-state index < -0.39 is 0 Å². The highest BCUT2D eigenvalue weighted by Crippen LogP contribution is 2.33. The molecule has 0 aliphatic carbocycles. The number of hydrogen-bond donors (Lipinski definition) is 1. The molecule has 1 aromatic carbocycles. The van der Waals surface area contributed by atoms with E-state index in [0.717, 1.165) is 36.5 Å². The van der Waals surface area contributed by atoms with Crippen molar-refractivity contribution in [2.45, 2.75) is 31.9 Å². The van der Waals surface area contributed by atoms with Crippen LogP contribution in [-0.4, -0.2) is 32.5 Å².